The van der Waals surface area contributed by atoms with Crippen molar-refractivity contribution in [2.24, 2.45) is 5.92 Å². The topological polar surface area (TPSA) is 84.3 Å². The maximum atomic E-state index is 12.9. The van der Waals surface area contributed by atoms with Crippen molar-refractivity contribution in [1.29, 1.82) is 0 Å². The number of imidazole rings is 1. The largest absolute Gasteiger partial charge is 0.355 e. The van der Waals surface area contributed by atoms with E-state index in [0.29, 0.717) is 12.8 Å². The zero-order valence-electron chi connectivity index (χ0n) is 15.8. The third-order valence-electron chi connectivity index (χ3n) is 4.95. The molecule has 0 aliphatic carbocycles. The third kappa shape index (κ3) is 4.93. The van der Waals surface area contributed by atoms with Gasteiger partial charge >= 0.3 is 6.55 Å². The first-order valence-electron chi connectivity index (χ1n) is 9.23. The summed E-state index contributed by atoms with van der Waals surface area (Å²) in [5, 5.41) is 2.80. The predicted octanol–water partition coefficient (Wildman–Crippen LogP) is 3.34. The average Bonchev–Trinajstić information content (AvgIpc) is 3.16. The van der Waals surface area contributed by atoms with Crippen molar-refractivity contribution in [2.45, 2.75) is 30.7 Å². The molecule has 30 heavy (non-hydrogen) atoms. The van der Waals surface area contributed by atoms with E-state index in [1.165, 1.54) is 28.8 Å². The highest BCUT2D eigenvalue weighted by molar-refractivity contribution is 7.89. The molecule has 7 nitrogen and oxygen atoms in total. The lowest BCUT2D eigenvalue weighted by Crippen LogP contribution is -2.43. The molecule has 1 aliphatic rings. The Morgan fingerprint density at radius 1 is 1.23 bits per heavy atom. The fourth-order valence-corrected chi connectivity index (χ4v) is 5.93. The van der Waals surface area contributed by atoms with E-state index in [2.05, 4.69) is 10.3 Å². The Hall–Kier alpha value is -1.75. The second kappa shape index (κ2) is 9.59. The van der Waals surface area contributed by atoms with Crippen LogP contribution in [0.1, 0.15) is 25.2 Å². The van der Waals surface area contributed by atoms with Gasteiger partial charge in [0.25, 0.3) is 0 Å². The predicted molar refractivity (Wildman–Crippen MR) is 108 cm³/mol. The summed E-state index contributed by atoms with van der Waals surface area (Å²) in [7, 11) is -3.88. The Bertz CT molecular complexity index is 988. The van der Waals surface area contributed by atoms with Gasteiger partial charge in [0.05, 0.1) is 10.0 Å². The van der Waals surface area contributed by atoms with Crippen molar-refractivity contribution in [3.05, 3.63) is 46.5 Å². The Balaban J connectivity index is 1.53. The normalized spacial score (nSPS) is 16.2. The van der Waals surface area contributed by atoms with E-state index in [9.17, 15) is 22.0 Å². The van der Waals surface area contributed by atoms with Crippen molar-refractivity contribution >= 4 is 39.1 Å². The van der Waals surface area contributed by atoms with Crippen LogP contribution in [0.25, 0.3) is 0 Å². The number of rotatable bonds is 7. The summed E-state index contributed by atoms with van der Waals surface area (Å²) < 4.78 is 53.4. The van der Waals surface area contributed by atoms with Gasteiger partial charge in [0, 0.05) is 44.4 Å². The highest BCUT2D eigenvalue weighted by Crippen LogP contribution is 2.33. The summed E-state index contributed by atoms with van der Waals surface area (Å²) in [4.78, 5) is 16.1. The molecule has 1 fully saturated rings. The van der Waals surface area contributed by atoms with E-state index in [4.69, 9.17) is 23.2 Å². The summed E-state index contributed by atoms with van der Waals surface area (Å²) >= 11 is 12.1. The molecule has 2 heterocycles. The Labute approximate surface area is 183 Å². The van der Waals surface area contributed by atoms with E-state index in [-0.39, 0.29) is 58.6 Å². The minimum absolute atomic E-state index is 0.0459. The number of sulfonamides is 1. The zero-order chi connectivity index (χ0) is 21.9. The smallest absolute Gasteiger partial charge is 0.319 e. The molecular weight excluding hydrogens is 461 g/mol. The monoisotopic (exact) mass is 480 g/mol. The molecule has 1 saturated heterocycles. The maximum Gasteiger partial charge on any atom is 0.319 e. The molecule has 1 aromatic carbocycles. The summed E-state index contributed by atoms with van der Waals surface area (Å²) in [5.41, 5.74) is 0. The van der Waals surface area contributed by atoms with Crippen LogP contribution in [0.2, 0.25) is 10.0 Å². The van der Waals surface area contributed by atoms with Crippen LogP contribution >= 0.6 is 23.2 Å². The number of nitrogens with zero attached hydrogens (tertiary/aromatic N) is 3. The fraction of sp³-hybridized carbons (Fsp3) is 0.444. The summed E-state index contributed by atoms with van der Waals surface area (Å²) in [5.74, 6) is -0.422. The maximum absolute atomic E-state index is 12.9. The van der Waals surface area contributed by atoms with Gasteiger partial charge in [0.1, 0.15) is 10.7 Å². The van der Waals surface area contributed by atoms with E-state index in [1.54, 1.807) is 6.07 Å². The molecule has 0 radical (unpaired) electrons. The number of hydrogen-bond donors (Lipinski definition) is 1. The molecule has 1 amide bonds. The summed E-state index contributed by atoms with van der Waals surface area (Å²) in [6.45, 7) is -2.22. The molecule has 0 atom stereocenters. The number of aromatic nitrogens is 2. The van der Waals surface area contributed by atoms with Crippen LogP contribution in [0.4, 0.5) is 8.78 Å². The van der Waals surface area contributed by atoms with Crippen LogP contribution < -0.4 is 5.32 Å². The van der Waals surface area contributed by atoms with Crippen molar-refractivity contribution in [3.63, 3.8) is 0 Å². The molecule has 0 bridgehead atoms. The first-order valence-corrected chi connectivity index (χ1v) is 11.4. The third-order valence-corrected chi connectivity index (χ3v) is 7.80. The first-order chi connectivity index (χ1) is 14.2. The Kier molecular flexibility index (Phi) is 7.33. The molecule has 1 aromatic heterocycles. The molecule has 3 rings (SSSR count). The number of hydrogen-bond acceptors (Lipinski definition) is 4. The van der Waals surface area contributed by atoms with Gasteiger partial charge in [-0.25, -0.2) is 13.4 Å². The Morgan fingerprint density at radius 2 is 1.87 bits per heavy atom. The van der Waals surface area contributed by atoms with Gasteiger partial charge in [-0.3, -0.25) is 9.36 Å². The van der Waals surface area contributed by atoms with E-state index in [1.807, 2.05) is 0 Å². The standard InChI is InChI=1S/C18H20Cl2F2N4O3S/c19-13-2-1-3-14(20)16(13)30(28,29)25-9-5-12(6-10-25)17(27)24-7-4-15-23-8-11-26(15)18(21)22/h1-3,8,11-12,18H,4-7,9-10H2,(H,24,27). The van der Waals surface area contributed by atoms with Gasteiger partial charge in [-0.05, 0) is 25.0 Å². The number of piperidine rings is 1. The van der Waals surface area contributed by atoms with Crippen molar-refractivity contribution in [1.82, 2.24) is 19.2 Å². The van der Waals surface area contributed by atoms with Crippen LogP contribution in [0.15, 0.2) is 35.5 Å². The minimum atomic E-state index is -3.88. The van der Waals surface area contributed by atoms with Crippen LogP contribution in [-0.2, 0) is 21.2 Å². The summed E-state index contributed by atoms with van der Waals surface area (Å²) in [6.07, 6.45) is 3.30. The van der Waals surface area contributed by atoms with Gasteiger partial charge < -0.3 is 5.32 Å². The SMILES string of the molecule is O=C(NCCc1nccn1C(F)F)C1CCN(S(=O)(=O)c2c(Cl)cccc2Cl)CC1. The number of amides is 1. The molecule has 0 saturated carbocycles. The van der Waals surface area contributed by atoms with Crippen LogP contribution in [-0.4, -0.2) is 47.8 Å². The van der Waals surface area contributed by atoms with Crippen molar-refractivity contribution < 1.29 is 22.0 Å². The number of benzene rings is 1. The summed E-state index contributed by atoms with van der Waals surface area (Å²) in [6, 6.07) is 4.48. The molecule has 1 aliphatic heterocycles. The van der Waals surface area contributed by atoms with Crippen molar-refractivity contribution in [2.75, 3.05) is 19.6 Å². The number of carbonyl (C=O) groups is 1. The lowest BCUT2D eigenvalue weighted by Gasteiger charge is -2.31. The number of nitrogens with one attached hydrogen (secondary N) is 1. The molecule has 164 valence electrons. The Morgan fingerprint density at radius 3 is 2.47 bits per heavy atom. The zero-order valence-corrected chi connectivity index (χ0v) is 18.1. The van der Waals surface area contributed by atoms with Gasteiger partial charge in [0.2, 0.25) is 15.9 Å². The van der Waals surface area contributed by atoms with Crippen LogP contribution in [0, 0.1) is 5.92 Å². The first kappa shape index (κ1) is 22.9. The number of carbonyl (C=O) groups excluding carboxylic acids is 1. The van der Waals surface area contributed by atoms with Gasteiger partial charge in [0.15, 0.2) is 0 Å². The quantitative estimate of drug-likeness (QED) is 0.658. The van der Waals surface area contributed by atoms with E-state index < -0.39 is 16.6 Å². The van der Waals surface area contributed by atoms with E-state index >= 15 is 0 Å². The van der Waals surface area contributed by atoms with Gasteiger partial charge in [-0.2, -0.15) is 13.1 Å². The van der Waals surface area contributed by atoms with Crippen LogP contribution in [0.5, 0.6) is 0 Å². The lowest BCUT2D eigenvalue weighted by molar-refractivity contribution is -0.126. The highest BCUT2D eigenvalue weighted by atomic mass is 35.5. The lowest BCUT2D eigenvalue weighted by atomic mass is 9.97. The minimum Gasteiger partial charge on any atom is -0.355 e. The molecule has 2 aromatic rings. The highest BCUT2D eigenvalue weighted by Gasteiger charge is 2.34. The second-order valence-corrected chi connectivity index (χ2v) is 9.49. The average molecular weight is 481 g/mol. The molecule has 1 N–H and O–H groups in total. The fourth-order valence-electron chi connectivity index (χ4n) is 3.37. The van der Waals surface area contributed by atoms with E-state index in [0.717, 1.165) is 4.57 Å². The number of halogens is 4. The molecule has 0 unspecified atom stereocenters. The molecule has 0 spiro atoms. The van der Waals surface area contributed by atoms with Gasteiger partial charge in [-0.1, -0.05) is 29.3 Å². The molecule has 12 heteroatoms. The second-order valence-electron chi connectivity index (χ2n) is 6.80. The van der Waals surface area contributed by atoms with Crippen LogP contribution in [0.3, 0.4) is 0 Å². The van der Waals surface area contributed by atoms with Crippen molar-refractivity contribution in [3.8, 4) is 0 Å². The number of alkyl halides is 2. The molecular formula is C18H20Cl2F2N4O3S. The van der Waals surface area contributed by atoms with Gasteiger partial charge in [-0.15, -0.1) is 0 Å².